The van der Waals surface area contributed by atoms with Gasteiger partial charge in [-0.25, -0.2) is 13.1 Å². The Labute approximate surface area is 108 Å². The first kappa shape index (κ1) is 14.9. The largest absolute Gasteiger partial charge is 0.399 e. The minimum Gasteiger partial charge on any atom is -0.399 e. The monoisotopic (exact) mass is 272 g/mol. The molecule has 0 amide bonds. The number of rotatable bonds is 6. The summed E-state index contributed by atoms with van der Waals surface area (Å²) in [5, 5.41) is 9.53. The van der Waals surface area contributed by atoms with E-state index >= 15 is 0 Å². The molecule has 0 aliphatic heterocycles. The molecule has 0 aliphatic carbocycles. The van der Waals surface area contributed by atoms with Crippen LogP contribution in [0.5, 0.6) is 0 Å². The molecule has 0 spiro atoms. The number of hydrogen-bond acceptors (Lipinski definition) is 4. The Morgan fingerprint density at radius 1 is 1.44 bits per heavy atom. The number of nitrogens with two attached hydrogens (primary N) is 1. The second-order valence-corrected chi connectivity index (χ2v) is 6.05. The summed E-state index contributed by atoms with van der Waals surface area (Å²) in [6.07, 6.45) is 0.713. The second kappa shape index (κ2) is 6.17. The van der Waals surface area contributed by atoms with E-state index in [4.69, 9.17) is 5.73 Å². The van der Waals surface area contributed by atoms with Crippen molar-refractivity contribution in [3.63, 3.8) is 0 Å². The molecule has 0 fully saturated rings. The van der Waals surface area contributed by atoms with E-state index in [1.54, 1.807) is 19.1 Å². The molecule has 0 saturated heterocycles. The highest BCUT2D eigenvalue weighted by atomic mass is 32.2. The van der Waals surface area contributed by atoms with Crippen LogP contribution in [0.3, 0.4) is 0 Å². The first-order valence-corrected chi connectivity index (χ1v) is 7.39. The Morgan fingerprint density at radius 3 is 2.72 bits per heavy atom. The van der Waals surface area contributed by atoms with E-state index in [1.807, 2.05) is 6.92 Å². The third-order valence-electron chi connectivity index (χ3n) is 2.63. The number of nitrogen functional groups attached to an aromatic ring is 1. The number of aliphatic hydroxyl groups is 1. The van der Waals surface area contributed by atoms with Gasteiger partial charge >= 0.3 is 0 Å². The molecule has 1 rings (SSSR count). The van der Waals surface area contributed by atoms with Gasteiger partial charge in [0, 0.05) is 12.2 Å². The van der Waals surface area contributed by atoms with Crippen LogP contribution in [-0.4, -0.2) is 26.2 Å². The third-order valence-corrected chi connectivity index (χ3v) is 4.20. The summed E-state index contributed by atoms with van der Waals surface area (Å²) in [4.78, 5) is 0.159. The molecule has 0 heterocycles. The zero-order valence-electron chi connectivity index (χ0n) is 10.7. The summed E-state index contributed by atoms with van der Waals surface area (Å²) in [6, 6.07) is 4.73. The zero-order valence-corrected chi connectivity index (χ0v) is 11.5. The molecule has 4 N–H and O–H groups in total. The fourth-order valence-electron chi connectivity index (χ4n) is 1.63. The molecule has 6 heteroatoms. The number of nitrogens with one attached hydrogen (secondary N) is 1. The molecular formula is C12H20N2O3S. The number of anilines is 1. The first-order chi connectivity index (χ1) is 8.36. The van der Waals surface area contributed by atoms with E-state index in [2.05, 4.69) is 4.72 Å². The molecule has 0 saturated carbocycles. The SMILES string of the molecule is CCCC(O)CNS(=O)(=O)c1cc(N)ccc1C. The number of sulfonamides is 1. The Bertz CT molecular complexity index is 500. The summed E-state index contributed by atoms with van der Waals surface area (Å²) in [6.45, 7) is 3.65. The topological polar surface area (TPSA) is 92.4 Å². The number of aliphatic hydroxyl groups excluding tert-OH is 1. The average molecular weight is 272 g/mol. The minimum atomic E-state index is -3.62. The summed E-state index contributed by atoms with van der Waals surface area (Å²) >= 11 is 0. The molecule has 18 heavy (non-hydrogen) atoms. The Balaban J connectivity index is 2.83. The van der Waals surface area contributed by atoms with E-state index in [-0.39, 0.29) is 11.4 Å². The smallest absolute Gasteiger partial charge is 0.240 e. The van der Waals surface area contributed by atoms with Gasteiger partial charge in [0.05, 0.1) is 11.0 Å². The van der Waals surface area contributed by atoms with E-state index in [0.29, 0.717) is 17.7 Å². The highest BCUT2D eigenvalue weighted by molar-refractivity contribution is 7.89. The van der Waals surface area contributed by atoms with Gasteiger partial charge in [-0.1, -0.05) is 19.4 Å². The minimum absolute atomic E-state index is 0.0183. The zero-order chi connectivity index (χ0) is 13.8. The van der Waals surface area contributed by atoms with Gasteiger partial charge < -0.3 is 10.8 Å². The van der Waals surface area contributed by atoms with Crippen molar-refractivity contribution in [3.8, 4) is 0 Å². The molecule has 1 aromatic carbocycles. The van der Waals surface area contributed by atoms with Crippen molar-refractivity contribution in [2.24, 2.45) is 0 Å². The Morgan fingerprint density at radius 2 is 2.11 bits per heavy atom. The van der Waals surface area contributed by atoms with Crippen LogP contribution in [-0.2, 0) is 10.0 Å². The van der Waals surface area contributed by atoms with Crippen LogP contribution in [0.1, 0.15) is 25.3 Å². The molecule has 0 radical (unpaired) electrons. The standard InChI is InChI=1S/C12H20N2O3S/c1-3-4-11(15)8-14-18(16,17)12-7-10(13)6-5-9(12)2/h5-7,11,14-15H,3-4,8,13H2,1-2H3. The maximum absolute atomic E-state index is 12.0. The van der Waals surface area contributed by atoms with Gasteiger partial charge in [-0.2, -0.15) is 0 Å². The molecule has 1 aromatic rings. The van der Waals surface area contributed by atoms with Gasteiger partial charge in [-0.15, -0.1) is 0 Å². The molecule has 1 atom stereocenters. The maximum atomic E-state index is 12.0. The fraction of sp³-hybridized carbons (Fsp3) is 0.500. The van der Waals surface area contributed by atoms with Crippen molar-refractivity contribution in [2.45, 2.75) is 37.7 Å². The van der Waals surface area contributed by atoms with Crippen LogP contribution in [0.25, 0.3) is 0 Å². The van der Waals surface area contributed by atoms with E-state index in [1.165, 1.54) is 6.07 Å². The summed E-state index contributed by atoms with van der Waals surface area (Å²) in [7, 11) is -3.62. The van der Waals surface area contributed by atoms with Gasteiger partial charge in [0.1, 0.15) is 0 Å². The highest BCUT2D eigenvalue weighted by Gasteiger charge is 2.18. The van der Waals surface area contributed by atoms with Crippen LogP contribution >= 0.6 is 0 Å². The van der Waals surface area contributed by atoms with E-state index in [9.17, 15) is 13.5 Å². The van der Waals surface area contributed by atoms with Crippen LogP contribution in [0.4, 0.5) is 5.69 Å². The quantitative estimate of drug-likeness (QED) is 0.674. The van der Waals surface area contributed by atoms with Crippen molar-refractivity contribution in [3.05, 3.63) is 23.8 Å². The van der Waals surface area contributed by atoms with Gasteiger partial charge in [-0.3, -0.25) is 0 Å². The number of aryl methyl sites for hydroxylation is 1. The summed E-state index contributed by atoms with van der Waals surface area (Å²) in [5.41, 5.74) is 6.61. The lowest BCUT2D eigenvalue weighted by Gasteiger charge is -2.13. The molecule has 0 bridgehead atoms. The van der Waals surface area contributed by atoms with Crippen molar-refractivity contribution in [2.75, 3.05) is 12.3 Å². The lowest BCUT2D eigenvalue weighted by molar-refractivity contribution is 0.167. The Hall–Kier alpha value is -1.11. The predicted molar refractivity (Wildman–Crippen MR) is 71.7 cm³/mol. The van der Waals surface area contributed by atoms with E-state index in [0.717, 1.165) is 6.42 Å². The normalized spacial score (nSPS) is 13.5. The van der Waals surface area contributed by atoms with Gasteiger partial charge in [-0.05, 0) is 31.0 Å². The Kier molecular flexibility index (Phi) is 5.13. The van der Waals surface area contributed by atoms with Crippen LogP contribution < -0.4 is 10.5 Å². The average Bonchev–Trinajstić information content (AvgIpc) is 2.30. The lowest BCUT2D eigenvalue weighted by Crippen LogP contribution is -2.32. The molecule has 102 valence electrons. The van der Waals surface area contributed by atoms with Crippen LogP contribution in [0.15, 0.2) is 23.1 Å². The molecular weight excluding hydrogens is 252 g/mol. The predicted octanol–water partition coefficient (Wildman–Crippen LogP) is 1.02. The molecule has 5 nitrogen and oxygen atoms in total. The highest BCUT2D eigenvalue weighted by Crippen LogP contribution is 2.18. The first-order valence-electron chi connectivity index (χ1n) is 5.90. The van der Waals surface area contributed by atoms with Crippen molar-refractivity contribution >= 4 is 15.7 Å². The lowest BCUT2D eigenvalue weighted by atomic mass is 10.2. The summed E-state index contributed by atoms with van der Waals surface area (Å²) < 4.78 is 26.5. The van der Waals surface area contributed by atoms with Crippen LogP contribution in [0.2, 0.25) is 0 Å². The van der Waals surface area contributed by atoms with Gasteiger partial charge in [0.15, 0.2) is 0 Å². The van der Waals surface area contributed by atoms with Crippen molar-refractivity contribution < 1.29 is 13.5 Å². The second-order valence-electron chi connectivity index (χ2n) is 4.32. The van der Waals surface area contributed by atoms with E-state index < -0.39 is 16.1 Å². The third kappa shape index (κ3) is 3.97. The molecule has 1 unspecified atom stereocenters. The molecule has 0 aromatic heterocycles. The number of hydrogen-bond donors (Lipinski definition) is 3. The van der Waals surface area contributed by atoms with Gasteiger partial charge in [0.25, 0.3) is 0 Å². The number of benzene rings is 1. The molecule has 0 aliphatic rings. The van der Waals surface area contributed by atoms with Crippen molar-refractivity contribution in [1.29, 1.82) is 0 Å². The summed E-state index contributed by atoms with van der Waals surface area (Å²) in [5.74, 6) is 0. The van der Waals surface area contributed by atoms with Crippen molar-refractivity contribution in [1.82, 2.24) is 4.72 Å². The fourth-order valence-corrected chi connectivity index (χ4v) is 2.98. The van der Waals surface area contributed by atoms with Crippen LogP contribution in [0, 0.1) is 6.92 Å². The maximum Gasteiger partial charge on any atom is 0.240 e. The van der Waals surface area contributed by atoms with Gasteiger partial charge in [0.2, 0.25) is 10.0 Å².